The molecule has 1 unspecified atom stereocenters. The summed E-state index contributed by atoms with van der Waals surface area (Å²) in [6, 6.07) is 5.94. The lowest BCUT2D eigenvalue weighted by molar-refractivity contribution is 0.103. The average molecular weight is 319 g/mol. The zero-order valence-corrected chi connectivity index (χ0v) is 12.1. The van der Waals surface area contributed by atoms with Crippen LogP contribution in [0.5, 0.6) is 0 Å². The van der Waals surface area contributed by atoms with Gasteiger partial charge in [0, 0.05) is 23.3 Å². The normalized spacial score (nSPS) is 19.5. The molecular weight excluding hydrogens is 302 g/mol. The smallest absolute Gasteiger partial charge is 0.0576 e. The number of benzene rings is 1. The first-order valence-electron chi connectivity index (χ1n) is 6.06. The van der Waals surface area contributed by atoms with Gasteiger partial charge >= 0.3 is 0 Å². The molecule has 1 heterocycles. The molecule has 0 spiro atoms. The first kappa shape index (κ1) is 13.2. The van der Waals surface area contributed by atoms with Gasteiger partial charge in [-0.05, 0) is 59.8 Å². The van der Waals surface area contributed by atoms with Gasteiger partial charge in [0.25, 0.3) is 0 Å². The van der Waals surface area contributed by atoms with E-state index in [2.05, 4.69) is 21.2 Å². The number of hydrogen-bond acceptors (Lipinski definition) is 2. The fraction of sp³-hybridized carbons (Fsp3) is 0.538. The van der Waals surface area contributed by atoms with E-state index < -0.39 is 0 Å². The Kier molecular flexibility index (Phi) is 5.14. The second-order valence-electron chi connectivity index (χ2n) is 4.33. The highest BCUT2D eigenvalue weighted by Gasteiger charge is 2.14. The largest absolute Gasteiger partial charge is 0.385 e. The van der Waals surface area contributed by atoms with E-state index >= 15 is 0 Å². The van der Waals surface area contributed by atoms with Crippen molar-refractivity contribution in [2.45, 2.75) is 31.8 Å². The molecule has 0 radical (unpaired) electrons. The van der Waals surface area contributed by atoms with E-state index in [0.29, 0.717) is 6.10 Å². The van der Waals surface area contributed by atoms with Crippen LogP contribution in [-0.4, -0.2) is 19.3 Å². The van der Waals surface area contributed by atoms with E-state index in [-0.39, 0.29) is 0 Å². The van der Waals surface area contributed by atoms with Crippen LogP contribution in [0, 0.1) is 0 Å². The molecule has 2 nitrogen and oxygen atoms in total. The van der Waals surface area contributed by atoms with E-state index in [0.717, 1.165) is 41.2 Å². The SMILES string of the molecule is Clc1cc(NCCCC2CCCO2)ccc1Br. The third-order valence-corrected chi connectivity index (χ3v) is 4.21. The number of anilines is 1. The maximum atomic E-state index is 6.02. The summed E-state index contributed by atoms with van der Waals surface area (Å²) in [6.07, 6.45) is 5.23. The fourth-order valence-corrected chi connectivity index (χ4v) is 2.47. The highest BCUT2D eigenvalue weighted by molar-refractivity contribution is 9.10. The Morgan fingerprint density at radius 2 is 2.35 bits per heavy atom. The van der Waals surface area contributed by atoms with Crippen LogP contribution >= 0.6 is 27.5 Å². The van der Waals surface area contributed by atoms with Gasteiger partial charge in [-0.2, -0.15) is 0 Å². The minimum atomic E-state index is 0.491. The van der Waals surface area contributed by atoms with Crippen molar-refractivity contribution in [3.63, 3.8) is 0 Å². The van der Waals surface area contributed by atoms with Crippen LogP contribution in [0.1, 0.15) is 25.7 Å². The summed E-state index contributed by atoms with van der Waals surface area (Å²) < 4.78 is 6.52. The molecule has 1 aromatic rings. The maximum Gasteiger partial charge on any atom is 0.0576 e. The number of rotatable bonds is 5. The van der Waals surface area contributed by atoms with Crippen molar-refractivity contribution in [1.82, 2.24) is 0 Å². The Morgan fingerprint density at radius 3 is 3.06 bits per heavy atom. The zero-order chi connectivity index (χ0) is 12.1. The average Bonchev–Trinajstić information content (AvgIpc) is 2.82. The quantitative estimate of drug-likeness (QED) is 0.809. The summed E-state index contributed by atoms with van der Waals surface area (Å²) in [7, 11) is 0. The third kappa shape index (κ3) is 4.16. The number of halogens is 2. The standard InChI is InChI=1S/C13H17BrClNO/c14-12-6-5-10(9-13(12)15)16-7-1-3-11-4-2-8-17-11/h5-6,9,11,16H,1-4,7-8H2. The van der Waals surface area contributed by atoms with Gasteiger partial charge in [0.1, 0.15) is 0 Å². The van der Waals surface area contributed by atoms with E-state index in [4.69, 9.17) is 16.3 Å². The Bertz CT molecular complexity index is 366. The lowest BCUT2D eigenvalue weighted by atomic mass is 10.1. The van der Waals surface area contributed by atoms with Crippen molar-refractivity contribution < 1.29 is 4.74 Å². The van der Waals surface area contributed by atoms with Crippen molar-refractivity contribution >= 4 is 33.2 Å². The molecule has 1 saturated heterocycles. The Morgan fingerprint density at radius 1 is 1.47 bits per heavy atom. The molecule has 1 atom stereocenters. The zero-order valence-electron chi connectivity index (χ0n) is 9.72. The Hall–Kier alpha value is -0.250. The molecule has 1 fully saturated rings. The Labute approximate surface area is 116 Å². The second kappa shape index (κ2) is 6.62. The summed E-state index contributed by atoms with van der Waals surface area (Å²) in [4.78, 5) is 0. The third-order valence-electron chi connectivity index (χ3n) is 2.98. The van der Waals surface area contributed by atoms with Crippen LogP contribution in [0.15, 0.2) is 22.7 Å². The molecule has 1 N–H and O–H groups in total. The molecule has 0 saturated carbocycles. The van der Waals surface area contributed by atoms with Gasteiger partial charge in [0.05, 0.1) is 11.1 Å². The minimum absolute atomic E-state index is 0.491. The minimum Gasteiger partial charge on any atom is -0.385 e. The topological polar surface area (TPSA) is 21.3 Å². The summed E-state index contributed by atoms with van der Waals surface area (Å²) in [5, 5.41) is 4.12. The Balaban J connectivity index is 1.68. The molecule has 1 aliphatic rings. The molecule has 94 valence electrons. The number of hydrogen-bond donors (Lipinski definition) is 1. The molecule has 2 rings (SSSR count). The fourth-order valence-electron chi connectivity index (χ4n) is 2.04. The van der Waals surface area contributed by atoms with Gasteiger partial charge in [-0.15, -0.1) is 0 Å². The van der Waals surface area contributed by atoms with Crippen LogP contribution in [0.25, 0.3) is 0 Å². The summed E-state index contributed by atoms with van der Waals surface area (Å²) in [6.45, 7) is 1.91. The van der Waals surface area contributed by atoms with Crippen LogP contribution in [-0.2, 0) is 4.74 Å². The number of ether oxygens (including phenoxy) is 1. The molecule has 1 aromatic carbocycles. The lowest BCUT2D eigenvalue weighted by Gasteiger charge is -2.10. The molecule has 4 heteroatoms. The first-order valence-corrected chi connectivity index (χ1v) is 7.23. The number of nitrogens with one attached hydrogen (secondary N) is 1. The van der Waals surface area contributed by atoms with Crippen molar-refractivity contribution in [2.75, 3.05) is 18.5 Å². The van der Waals surface area contributed by atoms with Crippen LogP contribution < -0.4 is 5.32 Å². The molecule has 0 amide bonds. The highest BCUT2D eigenvalue weighted by atomic mass is 79.9. The molecule has 1 aliphatic heterocycles. The summed E-state index contributed by atoms with van der Waals surface area (Å²) >= 11 is 9.40. The molecule has 0 aromatic heterocycles. The van der Waals surface area contributed by atoms with E-state index in [1.165, 1.54) is 12.8 Å². The van der Waals surface area contributed by atoms with Crippen molar-refractivity contribution in [1.29, 1.82) is 0 Å². The van der Waals surface area contributed by atoms with Gasteiger partial charge < -0.3 is 10.1 Å². The molecule has 0 aliphatic carbocycles. The molecule has 17 heavy (non-hydrogen) atoms. The van der Waals surface area contributed by atoms with Gasteiger partial charge in [0.15, 0.2) is 0 Å². The van der Waals surface area contributed by atoms with Gasteiger partial charge in [-0.1, -0.05) is 11.6 Å². The maximum absolute atomic E-state index is 6.02. The van der Waals surface area contributed by atoms with Crippen LogP contribution in [0.4, 0.5) is 5.69 Å². The van der Waals surface area contributed by atoms with Crippen molar-refractivity contribution in [3.8, 4) is 0 Å². The van der Waals surface area contributed by atoms with Gasteiger partial charge in [-0.25, -0.2) is 0 Å². The summed E-state index contributed by atoms with van der Waals surface area (Å²) in [5.41, 5.74) is 1.07. The highest BCUT2D eigenvalue weighted by Crippen LogP contribution is 2.25. The van der Waals surface area contributed by atoms with E-state index in [1.807, 2.05) is 18.2 Å². The van der Waals surface area contributed by atoms with E-state index in [1.54, 1.807) is 0 Å². The van der Waals surface area contributed by atoms with Gasteiger partial charge in [0.2, 0.25) is 0 Å². The van der Waals surface area contributed by atoms with E-state index in [9.17, 15) is 0 Å². The summed E-state index contributed by atoms with van der Waals surface area (Å²) in [5.74, 6) is 0. The predicted octanol–water partition coefficient (Wildman–Crippen LogP) is 4.47. The van der Waals surface area contributed by atoms with Crippen molar-refractivity contribution in [2.24, 2.45) is 0 Å². The van der Waals surface area contributed by atoms with Crippen LogP contribution in [0.2, 0.25) is 5.02 Å². The molecule has 0 bridgehead atoms. The monoisotopic (exact) mass is 317 g/mol. The lowest BCUT2D eigenvalue weighted by Crippen LogP contribution is -2.09. The second-order valence-corrected chi connectivity index (χ2v) is 5.59. The first-order chi connectivity index (χ1) is 8.25. The van der Waals surface area contributed by atoms with Gasteiger partial charge in [-0.3, -0.25) is 0 Å². The van der Waals surface area contributed by atoms with Crippen LogP contribution in [0.3, 0.4) is 0 Å². The predicted molar refractivity (Wildman–Crippen MR) is 75.8 cm³/mol. The van der Waals surface area contributed by atoms with Crippen molar-refractivity contribution in [3.05, 3.63) is 27.7 Å². The molecular formula is C13H17BrClNO.